The van der Waals surface area contributed by atoms with E-state index in [2.05, 4.69) is 0 Å². The molecule has 0 bridgehead atoms. The normalized spacial score (nSPS) is 20.8. The highest BCUT2D eigenvalue weighted by molar-refractivity contribution is 6.30. The number of carbonyl (C=O) groups is 2. The van der Waals surface area contributed by atoms with Crippen LogP contribution in [0.3, 0.4) is 0 Å². The number of hydrogen-bond acceptors (Lipinski definition) is 3. The Morgan fingerprint density at radius 3 is 2.43 bits per heavy atom. The average molecular weight is 530 g/mol. The van der Waals surface area contributed by atoms with Crippen molar-refractivity contribution in [3.63, 3.8) is 0 Å². The molecule has 2 aliphatic rings. The number of carbonyl (C=O) groups excluding carboxylic acids is 1. The molecule has 1 N–H and O–H groups in total. The lowest BCUT2D eigenvalue weighted by Crippen LogP contribution is -2.41. The summed E-state index contributed by atoms with van der Waals surface area (Å²) < 4.78 is 46.4. The molecule has 192 valence electrons. The van der Waals surface area contributed by atoms with E-state index in [9.17, 15) is 22.8 Å². The van der Waals surface area contributed by atoms with Crippen LogP contribution in [0.4, 0.5) is 13.2 Å². The van der Waals surface area contributed by atoms with Crippen LogP contribution in [0.25, 0.3) is 0 Å². The second kappa shape index (κ2) is 9.74. The second-order valence-electron chi connectivity index (χ2n) is 9.28. The Kier molecular flexibility index (Phi) is 6.62. The van der Waals surface area contributed by atoms with Crippen molar-refractivity contribution in [3.8, 4) is 5.75 Å². The minimum absolute atomic E-state index is 0.135. The second-order valence-corrected chi connectivity index (χ2v) is 9.72. The number of hydrogen-bond donors (Lipinski definition) is 1. The van der Waals surface area contributed by atoms with Crippen LogP contribution in [0.1, 0.15) is 46.2 Å². The summed E-state index contributed by atoms with van der Waals surface area (Å²) in [5, 5.41) is 9.52. The quantitative estimate of drug-likeness (QED) is 0.419. The van der Waals surface area contributed by atoms with Crippen molar-refractivity contribution in [3.05, 3.63) is 99.6 Å². The SMILES string of the molecule is O=C(O)COc1ccc(Cl)cc1[C@@H]1c2ccccc2CCN1C(=O)C1CC1c1ccccc1C(F)(F)F. The smallest absolute Gasteiger partial charge is 0.416 e. The third-order valence-corrected chi connectivity index (χ3v) is 7.19. The van der Waals surface area contributed by atoms with Gasteiger partial charge in [0.25, 0.3) is 0 Å². The summed E-state index contributed by atoms with van der Waals surface area (Å²) in [6.45, 7) is -0.217. The third kappa shape index (κ3) is 5.03. The fourth-order valence-electron chi connectivity index (χ4n) is 5.25. The zero-order valence-electron chi connectivity index (χ0n) is 19.5. The van der Waals surface area contributed by atoms with Crippen molar-refractivity contribution in [1.29, 1.82) is 0 Å². The van der Waals surface area contributed by atoms with E-state index in [0.29, 0.717) is 30.0 Å². The van der Waals surface area contributed by atoms with Crippen LogP contribution in [-0.4, -0.2) is 35.0 Å². The fraction of sp³-hybridized carbons (Fsp3) is 0.286. The van der Waals surface area contributed by atoms with Gasteiger partial charge in [-0.05, 0) is 59.7 Å². The van der Waals surface area contributed by atoms with E-state index in [1.54, 1.807) is 29.2 Å². The van der Waals surface area contributed by atoms with Gasteiger partial charge >= 0.3 is 12.1 Å². The molecule has 3 aromatic carbocycles. The highest BCUT2D eigenvalue weighted by Crippen LogP contribution is 2.53. The molecule has 0 spiro atoms. The van der Waals surface area contributed by atoms with E-state index in [0.717, 1.165) is 17.2 Å². The van der Waals surface area contributed by atoms with Crippen LogP contribution in [0.2, 0.25) is 5.02 Å². The monoisotopic (exact) mass is 529 g/mol. The van der Waals surface area contributed by atoms with E-state index in [4.69, 9.17) is 21.4 Å². The fourth-order valence-corrected chi connectivity index (χ4v) is 5.43. The number of nitrogens with zero attached hydrogens (tertiary/aromatic N) is 1. The molecule has 3 atom stereocenters. The molecule has 3 aromatic rings. The average Bonchev–Trinajstić information content (AvgIpc) is 3.67. The van der Waals surface area contributed by atoms with Crippen molar-refractivity contribution in [2.45, 2.75) is 31.0 Å². The topological polar surface area (TPSA) is 66.8 Å². The first-order valence-electron chi connectivity index (χ1n) is 11.8. The molecule has 1 aliphatic heterocycles. The number of carboxylic acids is 1. The molecule has 37 heavy (non-hydrogen) atoms. The van der Waals surface area contributed by atoms with E-state index < -0.39 is 42.2 Å². The number of alkyl halides is 3. The third-order valence-electron chi connectivity index (χ3n) is 6.96. The Morgan fingerprint density at radius 1 is 1.00 bits per heavy atom. The van der Waals surface area contributed by atoms with Crippen molar-refractivity contribution in [2.75, 3.05) is 13.2 Å². The Hall–Kier alpha value is -3.52. The van der Waals surface area contributed by atoms with Gasteiger partial charge in [-0.15, -0.1) is 0 Å². The van der Waals surface area contributed by atoms with Crippen molar-refractivity contribution in [2.24, 2.45) is 5.92 Å². The summed E-state index contributed by atoms with van der Waals surface area (Å²) in [6, 6.07) is 17.2. The maximum atomic E-state index is 13.8. The van der Waals surface area contributed by atoms with Gasteiger partial charge in [0.2, 0.25) is 5.91 Å². The van der Waals surface area contributed by atoms with Crippen LogP contribution in [0.15, 0.2) is 66.7 Å². The van der Waals surface area contributed by atoms with Gasteiger partial charge in [-0.25, -0.2) is 4.79 Å². The van der Waals surface area contributed by atoms with Gasteiger partial charge in [0.05, 0.1) is 11.6 Å². The maximum Gasteiger partial charge on any atom is 0.416 e. The van der Waals surface area contributed by atoms with Crippen molar-refractivity contribution in [1.82, 2.24) is 4.90 Å². The van der Waals surface area contributed by atoms with Gasteiger partial charge in [-0.2, -0.15) is 13.2 Å². The Labute approximate surface area is 216 Å². The minimum atomic E-state index is -4.50. The van der Waals surface area contributed by atoms with E-state index in [1.807, 2.05) is 24.3 Å². The summed E-state index contributed by atoms with van der Waals surface area (Å²) >= 11 is 6.31. The van der Waals surface area contributed by atoms with Crippen LogP contribution < -0.4 is 4.74 Å². The number of fused-ring (bicyclic) bond motifs is 1. The minimum Gasteiger partial charge on any atom is -0.482 e. The number of amides is 1. The molecule has 0 radical (unpaired) electrons. The van der Waals surface area contributed by atoms with Gasteiger partial charge in [0, 0.05) is 23.0 Å². The number of aliphatic carboxylic acids is 1. The van der Waals surface area contributed by atoms with Crippen LogP contribution in [-0.2, 0) is 22.2 Å². The molecule has 1 amide bonds. The number of carboxylic acid groups (broad SMARTS) is 1. The first kappa shape index (κ1) is 25.1. The molecule has 1 saturated carbocycles. The van der Waals surface area contributed by atoms with Gasteiger partial charge in [-0.3, -0.25) is 4.79 Å². The first-order valence-corrected chi connectivity index (χ1v) is 12.2. The van der Waals surface area contributed by atoms with Gasteiger partial charge < -0.3 is 14.7 Å². The first-order chi connectivity index (χ1) is 17.6. The van der Waals surface area contributed by atoms with Gasteiger partial charge in [-0.1, -0.05) is 54.1 Å². The van der Waals surface area contributed by atoms with Gasteiger partial charge in [0.15, 0.2) is 6.61 Å². The van der Waals surface area contributed by atoms with Gasteiger partial charge in [0.1, 0.15) is 5.75 Å². The predicted molar refractivity (Wildman–Crippen MR) is 131 cm³/mol. The van der Waals surface area contributed by atoms with E-state index >= 15 is 0 Å². The summed E-state index contributed by atoms with van der Waals surface area (Å²) in [5.41, 5.74) is 1.82. The molecular weight excluding hydrogens is 507 g/mol. The zero-order chi connectivity index (χ0) is 26.3. The zero-order valence-corrected chi connectivity index (χ0v) is 20.3. The molecule has 9 heteroatoms. The lowest BCUT2D eigenvalue weighted by atomic mass is 9.87. The predicted octanol–water partition coefficient (Wildman–Crippen LogP) is 6.10. The summed E-state index contributed by atoms with van der Waals surface area (Å²) in [7, 11) is 0. The molecule has 1 aliphatic carbocycles. The Morgan fingerprint density at radius 2 is 1.70 bits per heavy atom. The van der Waals surface area contributed by atoms with Crippen LogP contribution in [0, 0.1) is 5.92 Å². The van der Waals surface area contributed by atoms with Crippen molar-refractivity contribution >= 4 is 23.5 Å². The Balaban J connectivity index is 1.52. The number of rotatable bonds is 6. The Bertz CT molecular complexity index is 1360. The number of benzene rings is 3. The summed E-state index contributed by atoms with van der Waals surface area (Å²) in [5.74, 6) is -2.22. The molecule has 0 aromatic heterocycles. The van der Waals surface area contributed by atoms with Crippen LogP contribution >= 0.6 is 11.6 Å². The van der Waals surface area contributed by atoms with Crippen LogP contribution in [0.5, 0.6) is 5.75 Å². The van der Waals surface area contributed by atoms with E-state index in [-0.39, 0.29) is 17.2 Å². The highest BCUT2D eigenvalue weighted by Gasteiger charge is 2.50. The lowest BCUT2D eigenvalue weighted by molar-refractivity contribution is -0.139. The van der Waals surface area contributed by atoms with Crippen molar-refractivity contribution < 1.29 is 32.6 Å². The maximum absolute atomic E-state index is 13.8. The van der Waals surface area contributed by atoms with E-state index in [1.165, 1.54) is 12.1 Å². The molecule has 5 nitrogen and oxygen atoms in total. The largest absolute Gasteiger partial charge is 0.482 e. The summed E-state index contributed by atoms with van der Waals surface area (Å²) in [6.07, 6.45) is -3.59. The highest BCUT2D eigenvalue weighted by atomic mass is 35.5. The molecular formula is C28H23ClF3NO4. The molecule has 5 rings (SSSR count). The lowest BCUT2D eigenvalue weighted by Gasteiger charge is -2.38. The molecule has 1 heterocycles. The standard InChI is InChI=1S/C28H23ClF3NO4/c29-17-9-10-24(37-15-25(34)35)22(13-17)26-18-6-2-1-5-16(18)11-12-33(26)27(36)21-14-20(21)19-7-3-4-8-23(19)28(30,31)32/h1-10,13,20-21,26H,11-12,14-15H2,(H,34,35)/t20?,21?,26-/m0/s1. The molecule has 0 saturated heterocycles. The molecule has 2 unspecified atom stereocenters. The summed E-state index contributed by atoms with van der Waals surface area (Å²) in [4.78, 5) is 26.7. The molecule has 1 fully saturated rings. The number of ether oxygens (including phenoxy) is 1. The number of halogens is 4.